The van der Waals surface area contributed by atoms with Gasteiger partial charge in [-0.1, -0.05) is 54.0 Å². The van der Waals surface area contributed by atoms with E-state index in [0.717, 1.165) is 12.5 Å². The number of anilines is 2. The molecule has 2 atom stereocenters. The molecule has 1 unspecified atom stereocenters. The minimum Gasteiger partial charge on any atom is -0.406 e. The van der Waals surface area contributed by atoms with Crippen molar-refractivity contribution in [3.05, 3.63) is 94.8 Å². The Hall–Kier alpha value is -6.29. The van der Waals surface area contributed by atoms with Crippen LogP contribution in [0.5, 0.6) is 5.75 Å². The fraction of sp³-hybridized carbons (Fsp3) is 0.400. The van der Waals surface area contributed by atoms with Crippen LogP contribution in [0.15, 0.2) is 66.7 Å². The van der Waals surface area contributed by atoms with E-state index in [0.29, 0.717) is 68.7 Å². The first-order valence-electron chi connectivity index (χ1n) is 18.4. The maximum Gasteiger partial charge on any atom is 0.415 e. The standard InChI is InChI=1S/C40H42F3N10O3/c1-26(2)31-9-12-35(56-39(55)51-19-20-52(27(3)25-51)36-13-10-32(23-44)46-47-36)34(22-31)53-37(14-11-33(24-45)48-53)49-15-17-50(18-16-49)38(54)21-29-5-7-30(8-6-29)28(4)40(41,42)43/h5-14,22,26-28H,15-21,25H2,1-4H3/q+1/t27-,28?/m1/s1. The molecule has 2 aliphatic rings. The third-order valence-corrected chi connectivity index (χ3v) is 10.2. The van der Waals surface area contributed by atoms with Gasteiger partial charge in [0.1, 0.15) is 25.2 Å². The maximum absolute atomic E-state index is 13.7. The van der Waals surface area contributed by atoms with Crippen molar-refractivity contribution < 1.29 is 32.2 Å². The summed E-state index contributed by atoms with van der Waals surface area (Å²) < 4.78 is 47.2. The lowest BCUT2D eigenvalue weighted by atomic mass is 9.98. The number of hydrogen-bond donors (Lipinski definition) is 0. The molecular weight excluding hydrogens is 726 g/mol. The number of nitriles is 2. The zero-order chi connectivity index (χ0) is 40.1. The Bertz CT molecular complexity index is 2140. The van der Waals surface area contributed by atoms with Crippen LogP contribution in [0.25, 0.3) is 5.69 Å². The Morgan fingerprint density at radius 3 is 2.12 bits per heavy atom. The minimum atomic E-state index is -4.34. The summed E-state index contributed by atoms with van der Waals surface area (Å²) in [5.41, 5.74) is 2.59. The van der Waals surface area contributed by atoms with E-state index < -0.39 is 18.2 Å². The van der Waals surface area contributed by atoms with Crippen LogP contribution >= 0.6 is 0 Å². The van der Waals surface area contributed by atoms with Gasteiger partial charge in [0, 0.05) is 31.7 Å². The molecular formula is C40H42F3N10O3+. The molecule has 16 heteroatoms. The van der Waals surface area contributed by atoms with Gasteiger partial charge in [-0.2, -0.15) is 23.7 Å². The van der Waals surface area contributed by atoms with Gasteiger partial charge in [-0.05, 0) is 66.8 Å². The van der Waals surface area contributed by atoms with Crippen LogP contribution in [0.2, 0.25) is 0 Å². The lowest BCUT2D eigenvalue weighted by molar-refractivity contribution is -0.648. The SMILES string of the molecule is CC(C)c1ccc(OC(=O)N2CCN(c3ccc(C#N)nn3)[C@H](C)C2)c(-[n+]2nc(C#N)ccc2N2CCN(C(=O)Cc3ccc(C(C)C(F)(F)F)cc3)CC2)c1. The van der Waals surface area contributed by atoms with E-state index in [4.69, 9.17) is 10.00 Å². The molecule has 13 nitrogen and oxygen atoms in total. The summed E-state index contributed by atoms with van der Waals surface area (Å²) in [5.74, 6) is -0.106. The van der Waals surface area contributed by atoms with Gasteiger partial charge >= 0.3 is 18.1 Å². The molecule has 4 aromatic rings. The molecule has 0 radical (unpaired) electrons. The number of aromatic nitrogens is 4. The van der Waals surface area contributed by atoms with Gasteiger partial charge in [0.25, 0.3) is 0 Å². The number of carbonyl (C=O) groups is 2. The Balaban J connectivity index is 1.18. The van der Waals surface area contributed by atoms with Gasteiger partial charge < -0.3 is 19.4 Å². The zero-order valence-corrected chi connectivity index (χ0v) is 31.6. The van der Waals surface area contributed by atoms with E-state index >= 15 is 0 Å². The summed E-state index contributed by atoms with van der Waals surface area (Å²) in [6.07, 6.45) is -4.83. The fourth-order valence-corrected chi connectivity index (χ4v) is 6.78. The highest BCUT2D eigenvalue weighted by atomic mass is 19.4. The molecule has 290 valence electrons. The molecule has 0 saturated carbocycles. The quantitative estimate of drug-likeness (QED) is 0.217. The van der Waals surface area contributed by atoms with Crippen molar-refractivity contribution in [1.82, 2.24) is 25.1 Å². The average molecular weight is 768 g/mol. The lowest BCUT2D eigenvalue weighted by Crippen LogP contribution is -2.55. The monoisotopic (exact) mass is 767 g/mol. The number of alkyl halides is 3. The van der Waals surface area contributed by atoms with Crippen LogP contribution in [0, 0.1) is 22.7 Å². The molecule has 0 bridgehead atoms. The van der Waals surface area contributed by atoms with Crippen molar-refractivity contribution in [2.45, 2.75) is 58.2 Å². The van der Waals surface area contributed by atoms with Crippen molar-refractivity contribution in [3.63, 3.8) is 0 Å². The Labute approximate surface area is 323 Å². The van der Waals surface area contributed by atoms with Crippen LogP contribution in [-0.4, -0.2) is 95.1 Å². The minimum absolute atomic E-state index is 0.0627. The first kappa shape index (κ1) is 39.4. The maximum atomic E-state index is 13.7. The number of rotatable bonds is 8. The molecule has 2 fully saturated rings. The van der Waals surface area contributed by atoms with Crippen LogP contribution in [0.3, 0.4) is 0 Å². The summed E-state index contributed by atoms with van der Waals surface area (Å²) in [5, 5.41) is 31.7. The van der Waals surface area contributed by atoms with Gasteiger partial charge in [-0.15, -0.1) is 10.2 Å². The Morgan fingerprint density at radius 1 is 0.857 bits per heavy atom. The Morgan fingerprint density at radius 2 is 1.52 bits per heavy atom. The second-order valence-corrected chi connectivity index (χ2v) is 14.3. The van der Waals surface area contributed by atoms with Crippen molar-refractivity contribution in [2.75, 3.05) is 55.6 Å². The normalized spacial score (nSPS) is 16.6. The van der Waals surface area contributed by atoms with Crippen molar-refractivity contribution in [1.29, 1.82) is 10.5 Å². The molecule has 2 aliphatic heterocycles. The second kappa shape index (κ2) is 16.6. The second-order valence-electron chi connectivity index (χ2n) is 14.3. The first-order chi connectivity index (χ1) is 26.7. The molecule has 6 rings (SSSR count). The third-order valence-electron chi connectivity index (χ3n) is 10.2. The summed E-state index contributed by atoms with van der Waals surface area (Å²) in [6.45, 7) is 9.99. The molecule has 2 saturated heterocycles. The van der Waals surface area contributed by atoms with Gasteiger partial charge in [0.05, 0.1) is 25.4 Å². The number of ether oxygens (including phenoxy) is 1. The summed E-state index contributed by atoms with van der Waals surface area (Å²) >= 11 is 0. The predicted molar refractivity (Wildman–Crippen MR) is 199 cm³/mol. The van der Waals surface area contributed by atoms with Crippen LogP contribution in [-0.2, 0) is 11.2 Å². The van der Waals surface area contributed by atoms with E-state index in [1.807, 2.05) is 48.8 Å². The zero-order valence-electron chi connectivity index (χ0n) is 31.6. The van der Waals surface area contributed by atoms with Gasteiger partial charge in [-0.25, -0.2) is 4.79 Å². The fourth-order valence-electron chi connectivity index (χ4n) is 6.78. The molecule has 2 amide bonds. The van der Waals surface area contributed by atoms with Gasteiger partial charge in [-0.3, -0.25) is 9.69 Å². The third kappa shape index (κ3) is 8.81. The number of carbonyl (C=O) groups excluding carboxylic acids is 2. The summed E-state index contributed by atoms with van der Waals surface area (Å²) in [6, 6.07) is 22.2. The number of amides is 2. The molecule has 0 aliphatic carbocycles. The highest BCUT2D eigenvalue weighted by Gasteiger charge is 2.37. The van der Waals surface area contributed by atoms with Crippen LogP contribution < -0.4 is 19.2 Å². The van der Waals surface area contributed by atoms with Gasteiger partial charge in [0.2, 0.25) is 5.91 Å². The van der Waals surface area contributed by atoms with E-state index in [-0.39, 0.29) is 47.0 Å². The summed E-state index contributed by atoms with van der Waals surface area (Å²) in [7, 11) is 0. The van der Waals surface area contributed by atoms with Crippen molar-refractivity contribution in [2.24, 2.45) is 0 Å². The number of nitrogens with zero attached hydrogens (tertiary/aromatic N) is 10. The van der Waals surface area contributed by atoms with E-state index in [1.165, 1.54) is 12.1 Å². The highest BCUT2D eigenvalue weighted by Crippen LogP contribution is 2.34. The van der Waals surface area contributed by atoms with Gasteiger partial charge in [0.15, 0.2) is 28.6 Å². The lowest BCUT2D eigenvalue weighted by Gasteiger charge is -2.39. The molecule has 0 spiro atoms. The molecule has 4 heterocycles. The smallest absolute Gasteiger partial charge is 0.406 e. The topological polar surface area (TPSA) is 146 Å². The first-order valence-corrected chi connectivity index (χ1v) is 18.4. The molecule has 0 N–H and O–H groups in total. The van der Waals surface area contributed by atoms with Crippen molar-refractivity contribution >= 4 is 23.6 Å². The Kier molecular flexibility index (Phi) is 11.7. The van der Waals surface area contributed by atoms with Crippen molar-refractivity contribution in [3.8, 4) is 23.6 Å². The van der Waals surface area contributed by atoms with Crippen LogP contribution in [0.4, 0.5) is 29.6 Å². The average Bonchev–Trinajstić information content (AvgIpc) is 3.20. The molecule has 56 heavy (non-hydrogen) atoms. The van der Waals surface area contributed by atoms with Crippen LogP contribution in [0.1, 0.15) is 67.6 Å². The molecule has 2 aromatic heterocycles. The number of halogens is 3. The number of piperazine rings is 2. The number of hydrogen-bond acceptors (Lipinski definition) is 10. The number of benzene rings is 2. The predicted octanol–water partition coefficient (Wildman–Crippen LogP) is 5.28. The van der Waals surface area contributed by atoms with E-state index in [1.54, 1.807) is 56.9 Å². The highest BCUT2D eigenvalue weighted by molar-refractivity contribution is 5.79. The van der Waals surface area contributed by atoms with E-state index in [9.17, 15) is 28.0 Å². The largest absolute Gasteiger partial charge is 0.415 e. The molecule has 2 aromatic carbocycles. The summed E-state index contributed by atoms with van der Waals surface area (Å²) in [4.78, 5) is 34.4. The van der Waals surface area contributed by atoms with E-state index in [2.05, 4.69) is 21.4 Å².